The largest absolute Gasteiger partial charge is 0.488 e. The summed E-state index contributed by atoms with van der Waals surface area (Å²) in [5, 5.41) is 41.3. The van der Waals surface area contributed by atoms with E-state index >= 15 is 13.2 Å². The van der Waals surface area contributed by atoms with Crippen molar-refractivity contribution in [2.75, 3.05) is 78.0 Å². The summed E-state index contributed by atoms with van der Waals surface area (Å²) < 4.78 is 107. The van der Waals surface area contributed by atoms with E-state index in [-0.39, 0.29) is 141 Å². The lowest BCUT2D eigenvalue weighted by atomic mass is 9.84. The van der Waals surface area contributed by atoms with Gasteiger partial charge in [-0.05, 0) is 202 Å². The summed E-state index contributed by atoms with van der Waals surface area (Å²) in [6.07, 6.45) is 14.0. The van der Waals surface area contributed by atoms with E-state index in [0.29, 0.717) is 35.6 Å². The summed E-state index contributed by atoms with van der Waals surface area (Å²) in [6, 6.07) is 8.75. The molecule has 36 nitrogen and oxygen atoms in total. The minimum absolute atomic E-state index is 0.0190. The lowest BCUT2D eigenvalue weighted by Gasteiger charge is -2.48. The molecule has 9 aromatic rings. The van der Waals surface area contributed by atoms with E-state index < -0.39 is 53.5 Å². The Morgan fingerprint density at radius 1 is 0.471 bits per heavy atom. The summed E-state index contributed by atoms with van der Waals surface area (Å²) in [5.41, 5.74) is -1.01. The van der Waals surface area contributed by atoms with Gasteiger partial charge in [0.25, 0.3) is 0 Å². The molecule has 0 bridgehead atoms. The van der Waals surface area contributed by atoms with E-state index in [1.165, 1.54) is 91.0 Å². The summed E-state index contributed by atoms with van der Waals surface area (Å²) in [6.45, 7) is 40.3. The number of rotatable bonds is 24. The fraction of sp³-hybridized carbons (Fsp3) is 0.532. The predicted molar refractivity (Wildman–Crippen MR) is 429 cm³/mol. The molecule has 0 aliphatic carbocycles. The Bertz CT molecular complexity index is 5290. The molecule has 119 heavy (non-hydrogen) atoms. The first kappa shape index (κ1) is 84.6. The average Bonchev–Trinajstić information content (AvgIpc) is 1.71. The van der Waals surface area contributed by atoms with Crippen LogP contribution in [0.1, 0.15) is 132 Å². The van der Waals surface area contributed by atoms with Crippen LogP contribution in [0.15, 0.2) is 69.4 Å². The van der Waals surface area contributed by atoms with Crippen LogP contribution >= 0.6 is 0 Å². The normalized spacial score (nSPS) is 20.7. The monoisotopic (exact) mass is 1650 g/mol. The third kappa shape index (κ3) is 19.0. The Balaban J connectivity index is 0.000000155. The highest BCUT2D eigenvalue weighted by Gasteiger charge is 2.46. The number of fused-ring (bicyclic) bond motifs is 3. The number of aromatic nitrogens is 18. The molecular formula is C77H94F6N30O6. The van der Waals surface area contributed by atoms with Gasteiger partial charge in [0.2, 0.25) is 34.9 Å². The SMILES string of the molecule is [C-]#[N+]c1cnc(Nc2cc(-n3nnn(C)c3=O)c(OCCF)cc2F)nc1N[C@@H]1C[C@@H]2CCCN2C(C)(C)C1.[C-]#[N+]c1cnc(Nc2cc(-n3nnn(C)c3=O)c(OC[C@@H](C)F)cc2F)nc1N[C@@H]1C[C@@H]2CCCN2C(C)(C)C1.[C-]#[N+]c1cnc(Nc2cc(-n3nnn(C)c3=O)c(OC[C@H](C)F)cc2F)nc1N[C@@H]1C[C@@H]2CCCN2C(C)(C)C1. The van der Waals surface area contributed by atoms with Gasteiger partial charge in [-0.25, -0.2) is 85.2 Å². The number of hydrogen-bond acceptors (Lipinski definition) is 27. The zero-order valence-corrected chi connectivity index (χ0v) is 67.7. The maximum absolute atomic E-state index is 15.2. The number of anilines is 9. The highest BCUT2D eigenvalue weighted by molar-refractivity contribution is 5.72. The zero-order valence-electron chi connectivity index (χ0n) is 67.7. The molecule has 6 fully saturated rings. The van der Waals surface area contributed by atoms with E-state index in [2.05, 4.69) is 164 Å². The van der Waals surface area contributed by atoms with Gasteiger partial charge in [-0.15, -0.1) is 0 Å². The number of ether oxygens (including phenoxy) is 3. The van der Waals surface area contributed by atoms with Crippen molar-refractivity contribution in [1.82, 2.24) is 104 Å². The number of aryl methyl sites for hydroxylation is 3. The Hall–Kier alpha value is -12.4. The Morgan fingerprint density at radius 3 is 1.03 bits per heavy atom. The highest BCUT2D eigenvalue weighted by Crippen LogP contribution is 2.44. The van der Waals surface area contributed by atoms with Crippen molar-refractivity contribution in [3.05, 3.63) is 138 Å². The summed E-state index contributed by atoms with van der Waals surface area (Å²) in [5.74, 6) is -1.23. The van der Waals surface area contributed by atoms with Crippen molar-refractivity contribution in [1.29, 1.82) is 0 Å². The standard InChI is InChI=1S/2C26H32F2N10O2.C25H30F2N10O2/c2*1-15(27)14-40-22-10-18(28)19(11-21(22)38-25(39)36(5)34-35-38)32-24-30-13-20(29-4)23(33-24)31-16-9-17-7-6-8-37(17)26(2,3)12-16;1-25(2)13-15(10-16-6-5-8-36(16)25)30-22-19(28-3)14-29-23(32-22)31-18-12-20(37-24(38)35(4)33-34-37)21(11-17(18)27)39-9-7-26/h2*10-11,13,15-17H,6-9,12,14H2,1-3,5H3,(H2,30,31,32,33);11-12,14-16H,5-10,13H2,1-2,4H3,(H2,29,30,31,32)/t15-,16+,17-;15-,16-,17+;15-,16+/m011/s1. The molecule has 6 aliphatic heterocycles. The van der Waals surface area contributed by atoms with Gasteiger partial charge in [-0.3, -0.25) is 14.7 Å². The maximum Gasteiger partial charge on any atom is 0.368 e. The van der Waals surface area contributed by atoms with Gasteiger partial charge in [0.1, 0.15) is 90.6 Å². The molecule has 6 N–H and O–H groups in total. The molecule has 0 saturated carbocycles. The number of hydrogen-bond donors (Lipinski definition) is 6. The molecule has 630 valence electrons. The minimum atomic E-state index is -1.32. The molecule has 42 heteroatoms. The van der Waals surface area contributed by atoms with Crippen molar-refractivity contribution in [3.63, 3.8) is 0 Å². The van der Waals surface area contributed by atoms with Crippen LogP contribution in [0.3, 0.4) is 0 Å². The number of piperidine rings is 3. The van der Waals surface area contributed by atoms with Crippen LogP contribution < -0.4 is 63.2 Å². The molecule has 15 rings (SSSR count). The third-order valence-electron chi connectivity index (χ3n) is 22.1. The molecule has 8 atom stereocenters. The number of tetrazole rings is 3. The van der Waals surface area contributed by atoms with Gasteiger partial charge < -0.3 is 46.1 Å². The van der Waals surface area contributed by atoms with Crippen LogP contribution in [0.4, 0.5) is 95.8 Å². The number of benzene rings is 3. The van der Waals surface area contributed by atoms with Gasteiger partial charge in [-0.2, -0.15) is 28.1 Å². The number of halogens is 6. The van der Waals surface area contributed by atoms with Gasteiger partial charge >= 0.3 is 17.1 Å². The van der Waals surface area contributed by atoms with Crippen molar-refractivity contribution < 1.29 is 40.6 Å². The number of alkyl halides is 3. The first-order valence-corrected chi connectivity index (χ1v) is 39.2. The highest BCUT2D eigenvalue weighted by atomic mass is 19.2. The van der Waals surface area contributed by atoms with Gasteiger partial charge in [-0.1, -0.05) is 0 Å². The molecule has 0 unspecified atom stereocenters. The van der Waals surface area contributed by atoms with Crippen LogP contribution in [0.25, 0.3) is 31.6 Å². The summed E-state index contributed by atoms with van der Waals surface area (Å²) >= 11 is 0. The molecule has 12 heterocycles. The fourth-order valence-electron chi connectivity index (χ4n) is 16.9. The minimum Gasteiger partial charge on any atom is -0.488 e. The van der Waals surface area contributed by atoms with Crippen molar-refractivity contribution in [2.45, 2.75) is 198 Å². The zero-order chi connectivity index (χ0) is 84.9. The van der Waals surface area contributed by atoms with E-state index in [9.17, 15) is 27.6 Å². The second-order valence-electron chi connectivity index (χ2n) is 32.3. The molecule has 0 amide bonds. The summed E-state index contributed by atoms with van der Waals surface area (Å²) in [4.78, 5) is 82.0. The Labute approximate surface area is 680 Å². The fourth-order valence-corrected chi connectivity index (χ4v) is 16.9. The second kappa shape index (κ2) is 35.4. The summed E-state index contributed by atoms with van der Waals surface area (Å²) in [7, 11) is 4.24. The quantitative estimate of drug-likeness (QED) is 0.0242. The molecular weight excluding hydrogens is 1560 g/mol. The van der Waals surface area contributed by atoms with Gasteiger partial charge in [0.05, 0.1) is 36.8 Å². The molecule has 0 radical (unpaired) electrons. The third-order valence-corrected chi connectivity index (χ3v) is 22.1. The van der Waals surface area contributed by atoms with Crippen LogP contribution in [0.2, 0.25) is 0 Å². The smallest absolute Gasteiger partial charge is 0.368 e. The van der Waals surface area contributed by atoms with Crippen LogP contribution in [0.5, 0.6) is 17.2 Å². The molecule has 6 aliphatic rings. The predicted octanol–water partition coefficient (Wildman–Crippen LogP) is 10.8. The van der Waals surface area contributed by atoms with Crippen LogP contribution in [-0.4, -0.2) is 215 Å². The van der Waals surface area contributed by atoms with Crippen molar-refractivity contribution in [3.8, 4) is 34.3 Å². The number of nitrogens with one attached hydrogen (secondary N) is 6. The van der Waals surface area contributed by atoms with Crippen molar-refractivity contribution >= 4 is 69.4 Å². The lowest BCUT2D eigenvalue weighted by Crippen LogP contribution is -2.55. The van der Waals surface area contributed by atoms with E-state index in [0.717, 1.165) is 124 Å². The Kier molecular flexibility index (Phi) is 25.2. The van der Waals surface area contributed by atoms with E-state index in [1.54, 1.807) is 0 Å². The maximum atomic E-state index is 15.2. The van der Waals surface area contributed by atoms with Gasteiger partial charge in [0.15, 0.2) is 17.5 Å². The van der Waals surface area contributed by atoms with Crippen LogP contribution in [0, 0.1) is 37.2 Å². The first-order chi connectivity index (χ1) is 56.8. The van der Waals surface area contributed by atoms with Crippen molar-refractivity contribution in [2.24, 2.45) is 21.1 Å². The average molecular weight is 1650 g/mol. The molecule has 3 aromatic carbocycles. The first-order valence-electron chi connectivity index (χ1n) is 39.2. The molecule has 6 aromatic heterocycles. The lowest BCUT2D eigenvalue weighted by molar-refractivity contribution is 0.0499. The number of nitrogens with zero attached hydrogens (tertiary/aromatic N) is 24. The Morgan fingerprint density at radius 2 is 0.765 bits per heavy atom. The molecule has 0 spiro atoms. The van der Waals surface area contributed by atoms with Gasteiger partial charge in [0, 0.05) is 111 Å². The second-order valence-corrected chi connectivity index (χ2v) is 32.3. The van der Waals surface area contributed by atoms with Crippen LogP contribution in [-0.2, 0) is 21.1 Å². The topological polar surface area (TPSA) is 358 Å². The van der Waals surface area contributed by atoms with E-state index in [4.69, 9.17) is 33.9 Å². The van der Waals surface area contributed by atoms with E-state index in [1.807, 2.05) is 0 Å². The molecule has 6 saturated heterocycles.